The number of rotatable bonds is 3. The molecule has 4 nitrogen and oxygen atoms in total. The van der Waals surface area contributed by atoms with Crippen molar-refractivity contribution in [3.05, 3.63) is 10.1 Å². The summed E-state index contributed by atoms with van der Waals surface area (Å²) in [6.45, 7) is -0.373. The molecule has 0 aromatic rings. The summed E-state index contributed by atoms with van der Waals surface area (Å²) in [5.74, 6) is 0. The van der Waals surface area contributed by atoms with Crippen LogP contribution in [0.2, 0.25) is 0 Å². The van der Waals surface area contributed by atoms with Crippen molar-refractivity contribution in [1.82, 2.24) is 0 Å². The lowest BCUT2D eigenvalue weighted by Crippen LogP contribution is -2.03. The van der Waals surface area contributed by atoms with Crippen LogP contribution in [0, 0.1) is 10.1 Å². The maximum Gasteiger partial charge on any atom is 0.228 e. The quantitative estimate of drug-likeness (QED) is 0.322. The maximum absolute atomic E-state index is 9.81. The van der Waals surface area contributed by atoms with Crippen LogP contribution in [-0.4, -0.2) is 16.7 Å². The van der Waals surface area contributed by atoms with E-state index in [9.17, 15) is 14.9 Å². The highest BCUT2D eigenvalue weighted by Gasteiger charge is 2.00. The van der Waals surface area contributed by atoms with E-state index >= 15 is 0 Å². The Morgan fingerprint density at radius 2 is 2.25 bits per heavy atom. The molecule has 0 bridgehead atoms. The van der Waals surface area contributed by atoms with E-state index in [0.717, 1.165) is 0 Å². The van der Waals surface area contributed by atoms with E-state index in [1.54, 1.807) is 0 Å². The lowest BCUT2D eigenvalue weighted by molar-refractivity contribution is -0.478. The van der Waals surface area contributed by atoms with Gasteiger partial charge in [0.05, 0.1) is 6.42 Å². The van der Waals surface area contributed by atoms with Crippen molar-refractivity contribution in [2.45, 2.75) is 6.42 Å². The second kappa shape index (κ2) is 3.37. The fourth-order valence-corrected chi connectivity index (χ4v) is 0.264. The summed E-state index contributed by atoms with van der Waals surface area (Å²) in [5.41, 5.74) is 0. The first-order valence-electron chi connectivity index (χ1n) is 1.93. The lowest BCUT2D eigenvalue weighted by Gasteiger charge is -1.83. The first kappa shape index (κ1) is 7.36. The maximum atomic E-state index is 9.81. The molecule has 0 aliphatic rings. The molecule has 0 saturated heterocycles. The SMILES string of the molecule is O=C(Cl)CC[N+](=O)[O-]. The molecule has 0 N–H and O–H groups in total. The van der Waals surface area contributed by atoms with Gasteiger partial charge in [-0.15, -0.1) is 0 Å². The summed E-state index contributed by atoms with van der Waals surface area (Å²) in [7, 11) is 0. The van der Waals surface area contributed by atoms with Crippen LogP contribution >= 0.6 is 11.6 Å². The average Bonchev–Trinajstić information content (AvgIpc) is 1.61. The van der Waals surface area contributed by atoms with E-state index < -0.39 is 10.2 Å². The van der Waals surface area contributed by atoms with Crippen LogP contribution in [-0.2, 0) is 4.79 Å². The van der Waals surface area contributed by atoms with E-state index in [-0.39, 0.29) is 13.0 Å². The van der Waals surface area contributed by atoms with Crippen LogP contribution < -0.4 is 0 Å². The Bertz CT molecular complexity index is 99.1. The van der Waals surface area contributed by atoms with E-state index in [1.165, 1.54) is 0 Å². The Kier molecular flexibility index (Phi) is 3.10. The van der Waals surface area contributed by atoms with Gasteiger partial charge in [0.15, 0.2) is 0 Å². The van der Waals surface area contributed by atoms with Crippen LogP contribution in [0.1, 0.15) is 6.42 Å². The standard InChI is InChI=1S/C3H4ClNO3/c4-3(6)1-2-5(7)8/h1-2H2. The van der Waals surface area contributed by atoms with E-state index in [2.05, 4.69) is 0 Å². The molecular weight excluding hydrogens is 133 g/mol. The Morgan fingerprint density at radius 3 is 2.38 bits per heavy atom. The zero-order chi connectivity index (χ0) is 6.57. The third kappa shape index (κ3) is 5.36. The highest BCUT2D eigenvalue weighted by molar-refractivity contribution is 6.63. The van der Waals surface area contributed by atoms with Gasteiger partial charge in [-0.25, -0.2) is 0 Å². The summed E-state index contributed by atoms with van der Waals surface area (Å²) in [5, 5.41) is 8.83. The molecule has 0 saturated carbocycles. The molecule has 0 rings (SSSR count). The zero-order valence-corrected chi connectivity index (χ0v) is 4.72. The fourth-order valence-electron chi connectivity index (χ4n) is 0.179. The molecule has 5 heteroatoms. The molecule has 0 heterocycles. The van der Waals surface area contributed by atoms with Crippen molar-refractivity contribution in [3.63, 3.8) is 0 Å². The predicted octanol–water partition coefficient (Wildman–Crippen LogP) is 0.419. The second-order valence-electron chi connectivity index (χ2n) is 1.16. The Balaban J connectivity index is 3.18. The minimum atomic E-state index is -0.665. The third-order valence-electron chi connectivity index (χ3n) is 0.491. The number of carbonyl (C=O) groups excluding carboxylic acids is 1. The average molecular weight is 138 g/mol. The topological polar surface area (TPSA) is 60.2 Å². The number of halogens is 1. The number of nitrogens with zero attached hydrogens (tertiary/aromatic N) is 1. The monoisotopic (exact) mass is 137 g/mol. The first-order valence-corrected chi connectivity index (χ1v) is 2.31. The molecular formula is C3H4ClNO3. The molecule has 0 aliphatic carbocycles. The number of carbonyl (C=O) groups is 1. The van der Waals surface area contributed by atoms with Crippen LogP contribution in [0.25, 0.3) is 0 Å². The van der Waals surface area contributed by atoms with Gasteiger partial charge in [0.2, 0.25) is 11.8 Å². The summed E-state index contributed by atoms with van der Waals surface area (Å²) < 4.78 is 0. The molecule has 0 radical (unpaired) electrons. The van der Waals surface area contributed by atoms with E-state index in [0.29, 0.717) is 0 Å². The highest BCUT2D eigenvalue weighted by atomic mass is 35.5. The second-order valence-corrected chi connectivity index (χ2v) is 1.58. The van der Waals surface area contributed by atoms with E-state index in [1.807, 2.05) is 0 Å². The smallest absolute Gasteiger partial charge is 0.228 e. The van der Waals surface area contributed by atoms with Crippen molar-refractivity contribution in [3.8, 4) is 0 Å². The van der Waals surface area contributed by atoms with Crippen molar-refractivity contribution in [2.24, 2.45) is 0 Å². The minimum absolute atomic E-state index is 0.186. The molecule has 0 fully saturated rings. The third-order valence-corrected chi connectivity index (χ3v) is 0.680. The van der Waals surface area contributed by atoms with Crippen LogP contribution in [0.3, 0.4) is 0 Å². The summed E-state index contributed by atoms with van der Waals surface area (Å²) in [6.07, 6.45) is -0.186. The van der Waals surface area contributed by atoms with Crippen LogP contribution in [0.15, 0.2) is 0 Å². The largest absolute Gasteiger partial charge is 0.281 e. The molecule has 0 atom stereocenters. The summed E-state index contributed by atoms with van der Waals surface area (Å²) >= 11 is 4.78. The molecule has 46 valence electrons. The van der Waals surface area contributed by atoms with Gasteiger partial charge in [0.1, 0.15) is 0 Å². The molecule has 0 amide bonds. The zero-order valence-electron chi connectivity index (χ0n) is 3.96. The van der Waals surface area contributed by atoms with Crippen molar-refractivity contribution < 1.29 is 9.72 Å². The summed E-state index contributed by atoms with van der Waals surface area (Å²) in [4.78, 5) is 18.7. The molecule has 0 aromatic carbocycles. The Morgan fingerprint density at radius 1 is 1.75 bits per heavy atom. The van der Waals surface area contributed by atoms with Gasteiger partial charge >= 0.3 is 0 Å². The normalized spacial score (nSPS) is 8.62. The fraction of sp³-hybridized carbons (Fsp3) is 0.667. The highest BCUT2D eigenvalue weighted by Crippen LogP contribution is 1.86. The number of nitro groups is 1. The first-order chi connectivity index (χ1) is 3.63. The molecule has 0 aliphatic heterocycles. The van der Waals surface area contributed by atoms with Gasteiger partial charge in [-0.1, -0.05) is 0 Å². The van der Waals surface area contributed by atoms with Gasteiger partial charge in [-0.3, -0.25) is 14.9 Å². The summed E-state index contributed by atoms with van der Waals surface area (Å²) in [6, 6.07) is 0. The Labute approximate surface area is 50.6 Å². The molecule has 0 spiro atoms. The van der Waals surface area contributed by atoms with Gasteiger partial charge in [-0.2, -0.15) is 0 Å². The Hall–Kier alpha value is -0.640. The number of hydrogen-bond acceptors (Lipinski definition) is 3. The lowest BCUT2D eigenvalue weighted by atomic mass is 10.5. The number of hydrogen-bond donors (Lipinski definition) is 0. The molecule has 8 heavy (non-hydrogen) atoms. The predicted molar refractivity (Wildman–Crippen MR) is 27.3 cm³/mol. The molecule has 0 aromatic heterocycles. The van der Waals surface area contributed by atoms with E-state index in [4.69, 9.17) is 11.6 Å². The van der Waals surface area contributed by atoms with Gasteiger partial charge in [0.25, 0.3) is 0 Å². The van der Waals surface area contributed by atoms with Crippen molar-refractivity contribution >= 4 is 16.8 Å². The van der Waals surface area contributed by atoms with Crippen molar-refractivity contribution in [2.75, 3.05) is 6.54 Å². The van der Waals surface area contributed by atoms with Crippen LogP contribution in [0.4, 0.5) is 0 Å². The van der Waals surface area contributed by atoms with Crippen LogP contribution in [0.5, 0.6) is 0 Å². The van der Waals surface area contributed by atoms with Gasteiger partial charge in [-0.05, 0) is 11.6 Å². The van der Waals surface area contributed by atoms with Gasteiger partial charge in [0, 0.05) is 4.92 Å². The molecule has 0 unspecified atom stereocenters. The minimum Gasteiger partial charge on any atom is -0.281 e. The van der Waals surface area contributed by atoms with Crippen molar-refractivity contribution in [1.29, 1.82) is 0 Å². The van der Waals surface area contributed by atoms with Gasteiger partial charge < -0.3 is 0 Å².